The SMILES string of the molecule is N#Cc1ccncc1NCC1CCCC1O. The topological polar surface area (TPSA) is 68.9 Å². The lowest BCUT2D eigenvalue weighted by Crippen LogP contribution is -2.22. The van der Waals surface area contributed by atoms with Crippen LogP contribution in [0, 0.1) is 17.2 Å². The molecule has 4 nitrogen and oxygen atoms in total. The molecule has 1 heterocycles. The molecule has 0 amide bonds. The number of anilines is 1. The Hall–Kier alpha value is -1.60. The Kier molecular flexibility index (Phi) is 3.37. The summed E-state index contributed by atoms with van der Waals surface area (Å²) in [6, 6.07) is 3.81. The standard InChI is InChI=1S/C12H15N3O/c13-6-9-4-5-14-8-11(9)15-7-10-2-1-3-12(10)16/h4-5,8,10,12,15-16H,1-3,7H2. The van der Waals surface area contributed by atoms with Gasteiger partial charge in [0.05, 0.1) is 23.6 Å². The summed E-state index contributed by atoms with van der Waals surface area (Å²) in [4.78, 5) is 3.98. The average molecular weight is 217 g/mol. The minimum absolute atomic E-state index is 0.199. The molecule has 1 aromatic rings. The highest BCUT2D eigenvalue weighted by molar-refractivity contribution is 5.55. The second-order valence-corrected chi connectivity index (χ2v) is 4.17. The van der Waals surface area contributed by atoms with Crippen LogP contribution in [0.5, 0.6) is 0 Å². The third-order valence-electron chi connectivity index (χ3n) is 3.12. The largest absolute Gasteiger partial charge is 0.393 e. The smallest absolute Gasteiger partial charge is 0.101 e. The summed E-state index contributed by atoms with van der Waals surface area (Å²) >= 11 is 0. The van der Waals surface area contributed by atoms with Crippen molar-refractivity contribution in [2.75, 3.05) is 11.9 Å². The third kappa shape index (κ3) is 2.31. The van der Waals surface area contributed by atoms with E-state index in [-0.39, 0.29) is 6.10 Å². The van der Waals surface area contributed by atoms with E-state index in [4.69, 9.17) is 5.26 Å². The van der Waals surface area contributed by atoms with Crippen LogP contribution in [-0.4, -0.2) is 22.7 Å². The molecule has 0 spiro atoms. The number of pyridine rings is 1. The Morgan fingerprint density at radius 3 is 3.12 bits per heavy atom. The van der Waals surface area contributed by atoms with E-state index in [0.717, 1.165) is 24.9 Å². The van der Waals surface area contributed by atoms with Gasteiger partial charge in [0.25, 0.3) is 0 Å². The van der Waals surface area contributed by atoms with E-state index >= 15 is 0 Å². The second-order valence-electron chi connectivity index (χ2n) is 4.17. The molecular weight excluding hydrogens is 202 g/mol. The zero-order valence-electron chi connectivity index (χ0n) is 9.06. The van der Waals surface area contributed by atoms with Gasteiger partial charge in [-0.25, -0.2) is 0 Å². The van der Waals surface area contributed by atoms with Crippen LogP contribution >= 0.6 is 0 Å². The van der Waals surface area contributed by atoms with Crippen LogP contribution in [0.15, 0.2) is 18.5 Å². The molecule has 1 aliphatic carbocycles. The lowest BCUT2D eigenvalue weighted by molar-refractivity contribution is 0.138. The van der Waals surface area contributed by atoms with Gasteiger partial charge in [0.15, 0.2) is 0 Å². The Morgan fingerprint density at radius 1 is 1.56 bits per heavy atom. The molecule has 4 heteroatoms. The first-order valence-electron chi connectivity index (χ1n) is 5.57. The maximum atomic E-state index is 9.67. The van der Waals surface area contributed by atoms with Crippen molar-refractivity contribution >= 4 is 5.69 Å². The predicted molar refractivity (Wildman–Crippen MR) is 60.8 cm³/mol. The van der Waals surface area contributed by atoms with Gasteiger partial charge in [0, 0.05) is 18.7 Å². The van der Waals surface area contributed by atoms with Crippen molar-refractivity contribution < 1.29 is 5.11 Å². The summed E-state index contributed by atoms with van der Waals surface area (Å²) in [5.74, 6) is 0.298. The summed E-state index contributed by atoms with van der Waals surface area (Å²) in [6.07, 6.45) is 6.09. The normalized spacial score (nSPS) is 24.0. The molecule has 2 rings (SSSR count). The number of rotatable bonds is 3. The highest BCUT2D eigenvalue weighted by atomic mass is 16.3. The van der Waals surface area contributed by atoms with Crippen LogP contribution in [-0.2, 0) is 0 Å². The molecule has 1 fully saturated rings. The number of nitriles is 1. The van der Waals surface area contributed by atoms with E-state index < -0.39 is 0 Å². The van der Waals surface area contributed by atoms with Crippen LogP contribution in [0.3, 0.4) is 0 Å². The summed E-state index contributed by atoms with van der Waals surface area (Å²) in [5.41, 5.74) is 1.35. The molecule has 84 valence electrons. The number of aromatic nitrogens is 1. The second kappa shape index (κ2) is 4.95. The van der Waals surface area contributed by atoms with Crippen LogP contribution in [0.4, 0.5) is 5.69 Å². The molecule has 1 saturated carbocycles. The highest BCUT2D eigenvalue weighted by Crippen LogP contribution is 2.26. The molecule has 0 bridgehead atoms. The minimum atomic E-state index is -0.199. The van der Waals surface area contributed by atoms with Gasteiger partial charge in [-0.15, -0.1) is 0 Å². The van der Waals surface area contributed by atoms with Gasteiger partial charge in [-0.05, 0) is 18.9 Å². The summed E-state index contributed by atoms with van der Waals surface area (Å²) in [5, 5.41) is 21.8. The minimum Gasteiger partial charge on any atom is -0.393 e. The Bertz CT molecular complexity index is 399. The van der Waals surface area contributed by atoms with Crippen LogP contribution in [0.25, 0.3) is 0 Å². The van der Waals surface area contributed by atoms with Crippen molar-refractivity contribution in [3.63, 3.8) is 0 Å². The van der Waals surface area contributed by atoms with Crippen molar-refractivity contribution in [2.45, 2.75) is 25.4 Å². The summed E-state index contributed by atoms with van der Waals surface area (Å²) in [7, 11) is 0. The van der Waals surface area contributed by atoms with E-state index in [1.54, 1.807) is 18.5 Å². The van der Waals surface area contributed by atoms with E-state index in [9.17, 15) is 5.11 Å². The zero-order chi connectivity index (χ0) is 11.4. The summed E-state index contributed by atoms with van der Waals surface area (Å²) < 4.78 is 0. The van der Waals surface area contributed by atoms with Gasteiger partial charge in [0.2, 0.25) is 0 Å². The van der Waals surface area contributed by atoms with E-state index in [2.05, 4.69) is 16.4 Å². The maximum Gasteiger partial charge on any atom is 0.101 e. The number of aliphatic hydroxyl groups excluding tert-OH is 1. The van der Waals surface area contributed by atoms with Crippen LogP contribution in [0.1, 0.15) is 24.8 Å². The summed E-state index contributed by atoms with van der Waals surface area (Å²) in [6.45, 7) is 0.710. The van der Waals surface area contributed by atoms with E-state index in [0.29, 0.717) is 18.0 Å². The molecule has 2 atom stereocenters. The Balaban J connectivity index is 1.97. The molecule has 0 radical (unpaired) electrons. The van der Waals surface area contributed by atoms with E-state index in [1.165, 1.54) is 0 Å². The monoisotopic (exact) mass is 217 g/mol. The van der Waals surface area contributed by atoms with Gasteiger partial charge in [-0.2, -0.15) is 5.26 Å². The van der Waals surface area contributed by atoms with Gasteiger partial charge < -0.3 is 10.4 Å². The number of aliphatic hydroxyl groups is 1. The van der Waals surface area contributed by atoms with Gasteiger partial charge in [-0.1, -0.05) is 6.42 Å². The molecular formula is C12H15N3O. The fourth-order valence-electron chi connectivity index (χ4n) is 2.13. The van der Waals surface area contributed by atoms with Crippen molar-refractivity contribution in [3.8, 4) is 6.07 Å². The Labute approximate surface area is 94.9 Å². The first-order chi connectivity index (χ1) is 7.81. The van der Waals surface area contributed by atoms with Gasteiger partial charge >= 0.3 is 0 Å². The quantitative estimate of drug-likeness (QED) is 0.805. The third-order valence-corrected chi connectivity index (χ3v) is 3.12. The van der Waals surface area contributed by atoms with E-state index in [1.807, 2.05) is 0 Å². The lowest BCUT2D eigenvalue weighted by Gasteiger charge is -2.16. The molecule has 0 aromatic carbocycles. The Morgan fingerprint density at radius 2 is 2.44 bits per heavy atom. The molecule has 2 unspecified atom stereocenters. The number of hydrogen-bond donors (Lipinski definition) is 2. The average Bonchev–Trinajstić information content (AvgIpc) is 2.72. The fourth-order valence-corrected chi connectivity index (χ4v) is 2.13. The van der Waals surface area contributed by atoms with Crippen LogP contribution < -0.4 is 5.32 Å². The molecule has 1 aliphatic rings. The number of nitrogens with one attached hydrogen (secondary N) is 1. The van der Waals surface area contributed by atoms with Crippen LogP contribution in [0.2, 0.25) is 0 Å². The predicted octanol–water partition coefficient (Wildman–Crippen LogP) is 1.53. The lowest BCUT2D eigenvalue weighted by atomic mass is 10.1. The molecule has 0 aliphatic heterocycles. The molecule has 2 N–H and O–H groups in total. The maximum absolute atomic E-state index is 9.67. The van der Waals surface area contributed by atoms with Gasteiger partial charge in [0.1, 0.15) is 6.07 Å². The van der Waals surface area contributed by atoms with Crippen molar-refractivity contribution in [1.82, 2.24) is 4.98 Å². The molecule has 1 aromatic heterocycles. The highest BCUT2D eigenvalue weighted by Gasteiger charge is 2.24. The van der Waals surface area contributed by atoms with Crippen molar-refractivity contribution in [1.29, 1.82) is 5.26 Å². The number of hydrogen-bond acceptors (Lipinski definition) is 4. The first-order valence-corrected chi connectivity index (χ1v) is 5.57. The van der Waals surface area contributed by atoms with Gasteiger partial charge in [-0.3, -0.25) is 4.98 Å². The van der Waals surface area contributed by atoms with Crippen molar-refractivity contribution in [2.24, 2.45) is 5.92 Å². The van der Waals surface area contributed by atoms with Crippen molar-refractivity contribution in [3.05, 3.63) is 24.0 Å². The molecule has 0 saturated heterocycles. The first kappa shape index (κ1) is 10.9. The molecule has 16 heavy (non-hydrogen) atoms. The zero-order valence-corrected chi connectivity index (χ0v) is 9.06. The number of nitrogens with zero attached hydrogens (tertiary/aromatic N) is 2. The fraction of sp³-hybridized carbons (Fsp3) is 0.500.